The lowest BCUT2D eigenvalue weighted by atomic mass is 10.2. The largest absolute Gasteiger partial charge is 0.326 e. The lowest BCUT2D eigenvalue weighted by molar-refractivity contribution is -0.119. The van der Waals surface area contributed by atoms with Crippen LogP contribution in [0.1, 0.15) is 19.9 Å². The molecule has 0 spiro atoms. The minimum Gasteiger partial charge on any atom is -0.326 e. The second-order valence-corrected chi connectivity index (χ2v) is 5.86. The van der Waals surface area contributed by atoms with Crippen molar-refractivity contribution in [2.45, 2.75) is 19.9 Å². The predicted molar refractivity (Wildman–Crippen MR) is 97.3 cm³/mol. The summed E-state index contributed by atoms with van der Waals surface area (Å²) in [5.74, 6) is -0.558. The Bertz CT molecular complexity index is 953. The average molecular weight is 368 g/mol. The highest BCUT2D eigenvalue weighted by molar-refractivity contribution is 5.94. The van der Waals surface area contributed by atoms with Crippen LogP contribution in [0, 0.1) is 5.82 Å². The summed E-state index contributed by atoms with van der Waals surface area (Å²) in [6, 6.07) is 11.7. The number of hydrogen-bond acceptors (Lipinski definition) is 5. The highest BCUT2D eigenvalue weighted by atomic mass is 19.1. The standard InChI is InChI=1S/C18H17FN6O2/c1-11(18(27)21-16-9-7-15(8-10-16)20-12(2)26)25-23-17(22-24-25)13-3-5-14(19)6-4-13/h3-11H,1-2H3,(H,20,26)(H,21,27). The summed E-state index contributed by atoms with van der Waals surface area (Å²) < 4.78 is 13.0. The van der Waals surface area contributed by atoms with Crippen molar-refractivity contribution in [2.24, 2.45) is 0 Å². The summed E-state index contributed by atoms with van der Waals surface area (Å²) in [7, 11) is 0. The van der Waals surface area contributed by atoms with Crippen LogP contribution < -0.4 is 10.6 Å². The second kappa shape index (κ2) is 7.73. The van der Waals surface area contributed by atoms with Gasteiger partial charge >= 0.3 is 0 Å². The number of nitrogens with one attached hydrogen (secondary N) is 2. The van der Waals surface area contributed by atoms with E-state index in [1.54, 1.807) is 31.2 Å². The number of anilines is 2. The third kappa shape index (κ3) is 4.51. The maximum atomic E-state index is 13.0. The Morgan fingerprint density at radius 3 is 2.19 bits per heavy atom. The zero-order valence-corrected chi connectivity index (χ0v) is 14.7. The first-order valence-corrected chi connectivity index (χ1v) is 8.16. The normalized spacial score (nSPS) is 11.7. The van der Waals surface area contributed by atoms with Crippen LogP contribution >= 0.6 is 0 Å². The molecular weight excluding hydrogens is 351 g/mol. The molecule has 9 heteroatoms. The molecule has 0 fully saturated rings. The summed E-state index contributed by atoms with van der Waals surface area (Å²) in [6.07, 6.45) is 0. The lowest BCUT2D eigenvalue weighted by Crippen LogP contribution is -2.25. The molecule has 2 N–H and O–H groups in total. The van der Waals surface area contributed by atoms with Crippen molar-refractivity contribution in [3.63, 3.8) is 0 Å². The molecule has 1 aromatic heterocycles. The van der Waals surface area contributed by atoms with E-state index in [2.05, 4.69) is 26.0 Å². The zero-order chi connectivity index (χ0) is 19.4. The molecule has 0 aliphatic rings. The highest BCUT2D eigenvalue weighted by Gasteiger charge is 2.19. The van der Waals surface area contributed by atoms with E-state index in [9.17, 15) is 14.0 Å². The second-order valence-electron chi connectivity index (χ2n) is 5.86. The zero-order valence-electron chi connectivity index (χ0n) is 14.7. The van der Waals surface area contributed by atoms with Crippen molar-refractivity contribution < 1.29 is 14.0 Å². The summed E-state index contributed by atoms with van der Waals surface area (Å²) in [5, 5.41) is 17.4. The van der Waals surface area contributed by atoms with Crippen molar-refractivity contribution in [1.82, 2.24) is 20.2 Å². The maximum absolute atomic E-state index is 13.0. The molecule has 1 heterocycles. The number of nitrogens with zero attached hydrogens (tertiary/aromatic N) is 4. The van der Waals surface area contributed by atoms with Crippen LogP contribution in [0.15, 0.2) is 48.5 Å². The molecule has 138 valence electrons. The van der Waals surface area contributed by atoms with Crippen molar-refractivity contribution >= 4 is 23.2 Å². The molecule has 2 aromatic carbocycles. The molecule has 0 bridgehead atoms. The molecule has 0 saturated carbocycles. The molecule has 1 unspecified atom stereocenters. The number of carbonyl (C=O) groups excluding carboxylic acids is 2. The molecule has 0 aliphatic carbocycles. The van der Waals surface area contributed by atoms with Gasteiger partial charge in [-0.2, -0.15) is 4.80 Å². The van der Waals surface area contributed by atoms with Gasteiger partial charge in [-0.05, 0) is 60.7 Å². The van der Waals surface area contributed by atoms with Gasteiger partial charge < -0.3 is 10.6 Å². The van der Waals surface area contributed by atoms with Crippen LogP contribution in [-0.2, 0) is 9.59 Å². The summed E-state index contributed by atoms with van der Waals surface area (Å²) in [4.78, 5) is 24.6. The molecule has 0 radical (unpaired) electrons. The van der Waals surface area contributed by atoms with Crippen LogP contribution in [0.25, 0.3) is 11.4 Å². The van der Waals surface area contributed by atoms with Crippen molar-refractivity contribution in [2.75, 3.05) is 10.6 Å². The van der Waals surface area contributed by atoms with Crippen LogP contribution in [0.2, 0.25) is 0 Å². The monoisotopic (exact) mass is 368 g/mol. The van der Waals surface area contributed by atoms with Gasteiger partial charge in [-0.3, -0.25) is 9.59 Å². The Labute approximate surface area is 154 Å². The average Bonchev–Trinajstić information content (AvgIpc) is 3.13. The van der Waals surface area contributed by atoms with Crippen LogP contribution in [0.5, 0.6) is 0 Å². The first-order chi connectivity index (χ1) is 12.9. The molecule has 3 rings (SSSR count). The summed E-state index contributed by atoms with van der Waals surface area (Å²) >= 11 is 0. The quantitative estimate of drug-likeness (QED) is 0.721. The van der Waals surface area contributed by atoms with Crippen LogP contribution in [-0.4, -0.2) is 32.0 Å². The molecule has 3 aromatic rings. The first-order valence-electron chi connectivity index (χ1n) is 8.16. The van der Waals surface area contributed by atoms with Gasteiger partial charge in [-0.25, -0.2) is 4.39 Å². The fourth-order valence-corrected chi connectivity index (χ4v) is 2.30. The third-order valence-corrected chi connectivity index (χ3v) is 3.73. The van der Waals surface area contributed by atoms with E-state index in [0.29, 0.717) is 22.8 Å². The first kappa shape index (κ1) is 18.2. The van der Waals surface area contributed by atoms with Gasteiger partial charge in [0.1, 0.15) is 11.9 Å². The maximum Gasteiger partial charge on any atom is 0.250 e. The van der Waals surface area contributed by atoms with E-state index >= 15 is 0 Å². The van der Waals surface area contributed by atoms with Crippen molar-refractivity contribution in [1.29, 1.82) is 0 Å². The fourth-order valence-electron chi connectivity index (χ4n) is 2.30. The Balaban J connectivity index is 1.67. The third-order valence-electron chi connectivity index (χ3n) is 3.73. The molecule has 0 saturated heterocycles. The van der Waals surface area contributed by atoms with Gasteiger partial charge in [-0.15, -0.1) is 10.2 Å². The molecule has 0 aliphatic heterocycles. The predicted octanol–water partition coefficient (Wildman–Crippen LogP) is 2.64. The molecule has 1 atom stereocenters. The molecule has 2 amide bonds. The van der Waals surface area contributed by atoms with Gasteiger partial charge in [0, 0.05) is 23.9 Å². The lowest BCUT2D eigenvalue weighted by Gasteiger charge is -2.11. The van der Waals surface area contributed by atoms with Gasteiger partial charge in [0.2, 0.25) is 11.7 Å². The topological polar surface area (TPSA) is 102 Å². The summed E-state index contributed by atoms with van der Waals surface area (Å²) in [5.41, 5.74) is 1.80. The van der Waals surface area contributed by atoms with Crippen LogP contribution in [0.4, 0.5) is 15.8 Å². The number of aromatic nitrogens is 4. The van der Waals surface area contributed by atoms with Gasteiger partial charge in [0.15, 0.2) is 0 Å². The van der Waals surface area contributed by atoms with E-state index in [-0.39, 0.29) is 17.6 Å². The smallest absolute Gasteiger partial charge is 0.250 e. The highest BCUT2D eigenvalue weighted by Crippen LogP contribution is 2.17. The van der Waals surface area contributed by atoms with E-state index in [1.807, 2.05) is 0 Å². The summed E-state index contributed by atoms with van der Waals surface area (Å²) in [6.45, 7) is 3.06. The number of halogens is 1. The van der Waals surface area contributed by atoms with Gasteiger partial charge in [-0.1, -0.05) is 0 Å². The fraction of sp³-hybridized carbons (Fsp3) is 0.167. The minimum atomic E-state index is -0.707. The molecule has 27 heavy (non-hydrogen) atoms. The van der Waals surface area contributed by atoms with Gasteiger partial charge in [0.25, 0.3) is 5.91 Å². The molecule has 8 nitrogen and oxygen atoms in total. The van der Waals surface area contributed by atoms with Crippen LogP contribution in [0.3, 0.4) is 0 Å². The number of benzene rings is 2. The molecular formula is C18H17FN6O2. The number of rotatable bonds is 5. The Kier molecular flexibility index (Phi) is 5.20. The number of tetrazole rings is 1. The van der Waals surface area contributed by atoms with E-state index < -0.39 is 6.04 Å². The van der Waals surface area contributed by atoms with E-state index in [1.165, 1.54) is 36.0 Å². The Morgan fingerprint density at radius 2 is 1.59 bits per heavy atom. The SMILES string of the molecule is CC(=O)Nc1ccc(NC(=O)C(C)n2nnc(-c3ccc(F)cc3)n2)cc1. The van der Waals surface area contributed by atoms with Crippen molar-refractivity contribution in [3.05, 3.63) is 54.3 Å². The van der Waals surface area contributed by atoms with E-state index in [4.69, 9.17) is 0 Å². The number of amides is 2. The minimum absolute atomic E-state index is 0.172. The van der Waals surface area contributed by atoms with E-state index in [0.717, 1.165) is 0 Å². The number of hydrogen-bond donors (Lipinski definition) is 2. The van der Waals surface area contributed by atoms with Crippen molar-refractivity contribution in [3.8, 4) is 11.4 Å². The Morgan fingerprint density at radius 1 is 1.00 bits per heavy atom. The van der Waals surface area contributed by atoms with Gasteiger partial charge in [0.05, 0.1) is 0 Å². The number of carbonyl (C=O) groups is 2. The Hall–Kier alpha value is -3.62.